The molecule has 1 aliphatic carbocycles. The first kappa shape index (κ1) is 14.2. The third-order valence-corrected chi connectivity index (χ3v) is 3.87. The summed E-state index contributed by atoms with van der Waals surface area (Å²) in [5, 5.41) is 2.80. The molecule has 0 bridgehead atoms. The third-order valence-electron chi connectivity index (χ3n) is 3.87. The average molecular weight is 291 g/mol. The van der Waals surface area contributed by atoms with E-state index in [-0.39, 0.29) is 12.5 Å². The van der Waals surface area contributed by atoms with Gasteiger partial charge in [-0.25, -0.2) is 0 Å². The Kier molecular flexibility index (Phi) is 4.01. The highest BCUT2D eigenvalue weighted by atomic mass is 16.7. The molecule has 2 aliphatic rings. The van der Waals surface area contributed by atoms with Gasteiger partial charge < -0.3 is 19.5 Å². The van der Waals surface area contributed by atoms with Gasteiger partial charge in [0.25, 0.3) is 5.79 Å². The van der Waals surface area contributed by atoms with Crippen LogP contribution >= 0.6 is 0 Å². The maximum Gasteiger partial charge on any atom is 0.251 e. The molecular formula is C16H21NO4. The molecule has 0 saturated heterocycles. The van der Waals surface area contributed by atoms with Crippen LogP contribution in [0.1, 0.15) is 39.0 Å². The summed E-state index contributed by atoms with van der Waals surface area (Å²) in [5.41, 5.74) is 0.704. The Morgan fingerprint density at radius 1 is 1.24 bits per heavy atom. The summed E-state index contributed by atoms with van der Waals surface area (Å²) in [6.45, 7) is 2.45. The van der Waals surface area contributed by atoms with Gasteiger partial charge in [-0.05, 0) is 31.9 Å². The highest BCUT2D eigenvalue weighted by molar-refractivity contribution is 5.92. The first-order chi connectivity index (χ1) is 10.2. The average Bonchev–Trinajstić information content (AvgIpc) is 2.82. The van der Waals surface area contributed by atoms with E-state index < -0.39 is 5.79 Å². The van der Waals surface area contributed by atoms with E-state index in [9.17, 15) is 4.79 Å². The van der Waals surface area contributed by atoms with Crippen molar-refractivity contribution in [2.75, 3.05) is 18.5 Å². The Labute approximate surface area is 124 Å². The van der Waals surface area contributed by atoms with E-state index in [2.05, 4.69) is 5.32 Å². The minimum Gasteiger partial charge on any atom is -0.448 e. The van der Waals surface area contributed by atoms with Crippen LogP contribution in [0.25, 0.3) is 0 Å². The molecule has 0 atom stereocenters. The molecule has 1 saturated carbocycles. The van der Waals surface area contributed by atoms with Gasteiger partial charge in [-0.3, -0.25) is 4.79 Å². The van der Waals surface area contributed by atoms with Crippen molar-refractivity contribution in [3.63, 3.8) is 0 Å². The molecule has 1 aromatic carbocycles. The normalized spacial score (nSPS) is 18.7. The zero-order chi connectivity index (χ0) is 14.7. The molecule has 114 valence electrons. The van der Waals surface area contributed by atoms with E-state index in [4.69, 9.17) is 14.2 Å². The van der Waals surface area contributed by atoms with Crippen LogP contribution < -0.4 is 14.8 Å². The van der Waals surface area contributed by atoms with E-state index in [0.717, 1.165) is 31.4 Å². The minimum absolute atomic E-state index is 0.0644. The van der Waals surface area contributed by atoms with Crippen LogP contribution in [-0.4, -0.2) is 24.9 Å². The number of carbonyl (C=O) groups excluding carboxylic acids is 1. The van der Waals surface area contributed by atoms with E-state index in [1.807, 2.05) is 25.1 Å². The second-order valence-corrected chi connectivity index (χ2v) is 5.52. The molecular weight excluding hydrogens is 270 g/mol. The molecule has 0 aromatic heterocycles. The topological polar surface area (TPSA) is 56.8 Å². The van der Waals surface area contributed by atoms with Crippen molar-refractivity contribution >= 4 is 11.6 Å². The largest absolute Gasteiger partial charge is 0.448 e. The number of ether oxygens (including phenoxy) is 3. The van der Waals surface area contributed by atoms with Gasteiger partial charge in [0, 0.05) is 31.2 Å². The van der Waals surface area contributed by atoms with Gasteiger partial charge in [0.05, 0.1) is 0 Å². The highest BCUT2D eigenvalue weighted by Gasteiger charge is 2.42. The number of anilines is 1. The van der Waals surface area contributed by atoms with Crippen molar-refractivity contribution in [2.45, 2.75) is 44.8 Å². The fraction of sp³-hybridized carbons (Fsp3) is 0.562. The third kappa shape index (κ3) is 3.13. The van der Waals surface area contributed by atoms with Crippen LogP contribution in [0.3, 0.4) is 0 Å². The predicted molar refractivity (Wildman–Crippen MR) is 78.6 cm³/mol. The van der Waals surface area contributed by atoms with Crippen molar-refractivity contribution in [2.24, 2.45) is 0 Å². The fourth-order valence-electron chi connectivity index (χ4n) is 2.86. The lowest BCUT2D eigenvalue weighted by molar-refractivity contribution is -0.120. The van der Waals surface area contributed by atoms with Crippen molar-refractivity contribution in [1.29, 1.82) is 0 Å². The highest BCUT2D eigenvalue weighted by Crippen LogP contribution is 2.46. The van der Waals surface area contributed by atoms with Crippen LogP contribution in [0.5, 0.6) is 11.5 Å². The lowest BCUT2D eigenvalue weighted by Crippen LogP contribution is -2.40. The maximum absolute atomic E-state index is 11.7. The summed E-state index contributed by atoms with van der Waals surface area (Å²) < 4.78 is 17.1. The molecule has 0 unspecified atom stereocenters. The van der Waals surface area contributed by atoms with Gasteiger partial charge in [0.15, 0.2) is 11.5 Å². The number of benzene rings is 1. The molecule has 5 nitrogen and oxygen atoms in total. The zero-order valence-electron chi connectivity index (χ0n) is 12.3. The maximum atomic E-state index is 11.7. The number of fused-ring (bicyclic) bond motifs is 1. The first-order valence-corrected chi connectivity index (χ1v) is 7.60. The summed E-state index contributed by atoms with van der Waals surface area (Å²) in [7, 11) is 0. The molecule has 5 heteroatoms. The molecule has 3 rings (SSSR count). The van der Waals surface area contributed by atoms with Crippen LogP contribution in [-0.2, 0) is 9.53 Å². The van der Waals surface area contributed by atoms with Gasteiger partial charge in [0.2, 0.25) is 5.91 Å². The van der Waals surface area contributed by atoms with Gasteiger partial charge in [-0.15, -0.1) is 0 Å². The molecule has 1 spiro atoms. The molecule has 1 N–H and O–H groups in total. The minimum atomic E-state index is -0.478. The van der Waals surface area contributed by atoms with Gasteiger partial charge in [-0.1, -0.05) is 6.42 Å². The molecule has 21 heavy (non-hydrogen) atoms. The number of rotatable bonds is 4. The predicted octanol–water partition coefficient (Wildman–Crippen LogP) is 3.09. The SMILES string of the molecule is CCOCC(=O)Nc1ccc2c(c1)OC1(CCCCC1)O2. The summed E-state index contributed by atoms with van der Waals surface area (Å²) >= 11 is 0. The number of hydrogen-bond donors (Lipinski definition) is 1. The van der Waals surface area contributed by atoms with E-state index in [1.165, 1.54) is 6.42 Å². The van der Waals surface area contributed by atoms with Crippen molar-refractivity contribution < 1.29 is 19.0 Å². The zero-order valence-corrected chi connectivity index (χ0v) is 12.3. The Bertz CT molecular complexity index is 523. The quantitative estimate of drug-likeness (QED) is 0.926. The molecule has 1 fully saturated rings. The van der Waals surface area contributed by atoms with Crippen molar-refractivity contribution in [3.05, 3.63) is 18.2 Å². The Morgan fingerprint density at radius 3 is 2.76 bits per heavy atom. The van der Waals surface area contributed by atoms with Crippen LogP contribution in [0.4, 0.5) is 5.69 Å². The first-order valence-electron chi connectivity index (χ1n) is 7.60. The standard InChI is InChI=1S/C16H21NO4/c1-2-19-11-15(18)17-12-6-7-13-14(10-12)21-16(20-13)8-4-3-5-9-16/h6-7,10H,2-5,8-9,11H2,1H3,(H,17,18). The van der Waals surface area contributed by atoms with E-state index in [0.29, 0.717) is 18.0 Å². The molecule has 1 heterocycles. The monoisotopic (exact) mass is 291 g/mol. The van der Waals surface area contributed by atoms with Crippen LogP contribution in [0, 0.1) is 0 Å². The Hall–Kier alpha value is -1.75. The summed E-state index contributed by atoms with van der Waals surface area (Å²) in [4.78, 5) is 11.7. The van der Waals surface area contributed by atoms with Gasteiger partial charge >= 0.3 is 0 Å². The second-order valence-electron chi connectivity index (χ2n) is 5.52. The summed E-state index contributed by atoms with van der Waals surface area (Å²) in [6.07, 6.45) is 5.35. The van der Waals surface area contributed by atoms with Gasteiger partial charge in [-0.2, -0.15) is 0 Å². The van der Waals surface area contributed by atoms with E-state index >= 15 is 0 Å². The van der Waals surface area contributed by atoms with E-state index in [1.54, 1.807) is 0 Å². The second kappa shape index (κ2) is 5.93. The summed E-state index contributed by atoms with van der Waals surface area (Å²) in [6, 6.07) is 5.51. The number of carbonyl (C=O) groups is 1. The molecule has 0 radical (unpaired) electrons. The number of hydrogen-bond acceptors (Lipinski definition) is 4. The van der Waals surface area contributed by atoms with Crippen LogP contribution in [0.15, 0.2) is 18.2 Å². The molecule has 1 aromatic rings. The van der Waals surface area contributed by atoms with Crippen LogP contribution in [0.2, 0.25) is 0 Å². The number of amides is 1. The molecule has 1 amide bonds. The Morgan fingerprint density at radius 2 is 2.00 bits per heavy atom. The number of nitrogens with one attached hydrogen (secondary N) is 1. The lowest BCUT2D eigenvalue weighted by atomic mass is 9.94. The lowest BCUT2D eigenvalue weighted by Gasteiger charge is -2.31. The smallest absolute Gasteiger partial charge is 0.251 e. The Balaban J connectivity index is 1.67. The van der Waals surface area contributed by atoms with Crippen molar-refractivity contribution in [3.8, 4) is 11.5 Å². The fourth-order valence-corrected chi connectivity index (χ4v) is 2.86. The van der Waals surface area contributed by atoms with Gasteiger partial charge in [0.1, 0.15) is 6.61 Å². The molecule has 1 aliphatic heterocycles. The summed E-state index contributed by atoms with van der Waals surface area (Å²) in [5.74, 6) is 0.836. The van der Waals surface area contributed by atoms with Crippen molar-refractivity contribution in [1.82, 2.24) is 0 Å².